The van der Waals surface area contributed by atoms with Crippen molar-refractivity contribution in [2.24, 2.45) is 11.8 Å². The number of rotatable bonds is 13. The van der Waals surface area contributed by atoms with E-state index in [9.17, 15) is 14.7 Å². The molecule has 2 aliphatic rings. The molecule has 0 spiro atoms. The number of allylic oxidation sites excluding steroid dienone is 1. The van der Waals surface area contributed by atoms with Crippen LogP contribution in [0.5, 0.6) is 0 Å². The van der Waals surface area contributed by atoms with Crippen LogP contribution < -0.4 is 0 Å². The standard InChI is InChI=1S/C23H37IO5/c1-3-4-12-23(28,16(2)26)13-6-7-17-10-11-21-19(17)14-22(29-21)20(24)9-5-8-18(27)15-25/h6-7,17,19-22,25,28H,3-5,8-15H2,1-2H3/t17-,19+,20?,21+,22+,23?/m0/s1. The van der Waals surface area contributed by atoms with Gasteiger partial charge in [-0.25, -0.2) is 0 Å². The molecule has 1 aliphatic heterocycles. The third-order valence-corrected chi connectivity index (χ3v) is 8.04. The molecule has 6 atom stereocenters. The average Bonchev–Trinajstić information content (AvgIpc) is 3.27. The number of aliphatic hydroxyl groups excluding tert-OH is 1. The summed E-state index contributed by atoms with van der Waals surface area (Å²) in [5.41, 5.74) is -1.22. The molecule has 2 N–H and O–H groups in total. The molecule has 2 fully saturated rings. The number of hydrogen-bond donors (Lipinski definition) is 2. The second-order valence-electron chi connectivity index (χ2n) is 8.78. The molecule has 166 valence electrons. The maximum absolute atomic E-state index is 11.9. The number of aliphatic hydroxyl groups is 2. The number of unbranched alkanes of at least 4 members (excludes halogenated alkanes) is 1. The van der Waals surface area contributed by atoms with Gasteiger partial charge in [-0.1, -0.05) is 54.5 Å². The van der Waals surface area contributed by atoms with Crippen LogP contribution in [0.4, 0.5) is 0 Å². The normalized spacial score (nSPS) is 29.7. The molecule has 0 radical (unpaired) electrons. The summed E-state index contributed by atoms with van der Waals surface area (Å²) < 4.78 is 6.70. The van der Waals surface area contributed by atoms with E-state index in [2.05, 4.69) is 35.6 Å². The van der Waals surface area contributed by atoms with Gasteiger partial charge >= 0.3 is 0 Å². The zero-order valence-electron chi connectivity index (χ0n) is 17.8. The highest BCUT2D eigenvalue weighted by Gasteiger charge is 2.45. The summed E-state index contributed by atoms with van der Waals surface area (Å²) in [5.74, 6) is 0.727. The number of halogens is 1. The van der Waals surface area contributed by atoms with Gasteiger partial charge in [-0.05, 0) is 57.3 Å². The average molecular weight is 520 g/mol. The maximum atomic E-state index is 11.9. The summed E-state index contributed by atoms with van der Waals surface area (Å²) in [6.45, 7) is 3.19. The third-order valence-electron chi connectivity index (χ3n) is 6.62. The minimum absolute atomic E-state index is 0.0903. The number of carbonyl (C=O) groups excluding carboxylic acids is 2. The van der Waals surface area contributed by atoms with E-state index in [0.717, 1.165) is 44.9 Å². The van der Waals surface area contributed by atoms with Gasteiger partial charge in [0, 0.05) is 16.8 Å². The lowest BCUT2D eigenvalue weighted by Gasteiger charge is -2.24. The second-order valence-corrected chi connectivity index (χ2v) is 10.4. The number of carbonyl (C=O) groups is 2. The van der Waals surface area contributed by atoms with E-state index >= 15 is 0 Å². The van der Waals surface area contributed by atoms with Crippen LogP contribution in [-0.4, -0.2) is 50.1 Å². The molecule has 1 heterocycles. The second kappa shape index (κ2) is 11.9. The van der Waals surface area contributed by atoms with Crippen molar-refractivity contribution in [2.45, 2.75) is 99.8 Å². The van der Waals surface area contributed by atoms with Gasteiger partial charge in [0.05, 0.1) is 12.2 Å². The first-order valence-electron chi connectivity index (χ1n) is 11.1. The molecule has 0 aromatic carbocycles. The Balaban J connectivity index is 1.83. The first-order valence-corrected chi connectivity index (χ1v) is 12.4. The molecule has 0 amide bonds. The molecule has 0 bridgehead atoms. The molecule has 1 aliphatic carbocycles. The maximum Gasteiger partial charge on any atom is 0.161 e. The highest BCUT2D eigenvalue weighted by atomic mass is 127. The van der Waals surface area contributed by atoms with E-state index in [0.29, 0.717) is 41.1 Å². The molecular formula is C23H37IO5. The van der Waals surface area contributed by atoms with E-state index < -0.39 is 5.60 Å². The fraction of sp³-hybridized carbons (Fsp3) is 0.826. The van der Waals surface area contributed by atoms with Crippen molar-refractivity contribution in [1.82, 2.24) is 0 Å². The Morgan fingerprint density at radius 2 is 2.07 bits per heavy atom. The van der Waals surface area contributed by atoms with E-state index in [1.807, 2.05) is 6.08 Å². The van der Waals surface area contributed by atoms with Crippen LogP contribution in [0, 0.1) is 11.8 Å². The summed E-state index contributed by atoms with van der Waals surface area (Å²) in [6.07, 6.45) is 12.9. The Bertz CT molecular complexity index is 578. The Kier molecular flexibility index (Phi) is 10.3. The van der Waals surface area contributed by atoms with Crippen LogP contribution in [0.25, 0.3) is 0 Å². The molecule has 6 heteroatoms. The van der Waals surface area contributed by atoms with Gasteiger partial charge in [-0.2, -0.15) is 0 Å². The summed E-state index contributed by atoms with van der Waals surface area (Å²) in [7, 11) is 0. The van der Waals surface area contributed by atoms with Crippen LogP contribution in [0.3, 0.4) is 0 Å². The molecule has 0 aromatic rings. The zero-order valence-corrected chi connectivity index (χ0v) is 20.0. The van der Waals surface area contributed by atoms with Crippen molar-refractivity contribution in [1.29, 1.82) is 0 Å². The van der Waals surface area contributed by atoms with Gasteiger partial charge in [0.2, 0.25) is 0 Å². The predicted molar refractivity (Wildman–Crippen MR) is 122 cm³/mol. The highest BCUT2D eigenvalue weighted by Crippen LogP contribution is 2.46. The van der Waals surface area contributed by atoms with Crippen molar-refractivity contribution in [3.63, 3.8) is 0 Å². The Labute approximate surface area is 188 Å². The molecule has 5 nitrogen and oxygen atoms in total. The monoisotopic (exact) mass is 520 g/mol. The third kappa shape index (κ3) is 7.11. The summed E-state index contributed by atoms with van der Waals surface area (Å²) in [5, 5.41) is 19.5. The topological polar surface area (TPSA) is 83.8 Å². The Morgan fingerprint density at radius 1 is 1.31 bits per heavy atom. The number of ether oxygens (including phenoxy) is 1. The SMILES string of the molecule is CCCCC(O)(CC=C[C@H]1CC[C@H]2O[C@@H](C(I)CCCC(=O)CO)C[C@H]12)C(C)=O. The summed E-state index contributed by atoms with van der Waals surface area (Å²) in [6, 6.07) is 0. The van der Waals surface area contributed by atoms with Crippen molar-refractivity contribution in [2.75, 3.05) is 6.61 Å². The largest absolute Gasteiger partial charge is 0.389 e. The van der Waals surface area contributed by atoms with Gasteiger partial charge < -0.3 is 14.9 Å². The van der Waals surface area contributed by atoms with Gasteiger partial charge in [0.25, 0.3) is 0 Å². The van der Waals surface area contributed by atoms with Gasteiger partial charge in [-0.3, -0.25) is 9.59 Å². The number of hydrogen-bond acceptors (Lipinski definition) is 5. The first kappa shape index (κ1) is 25.0. The highest BCUT2D eigenvalue weighted by molar-refractivity contribution is 14.1. The van der Waals surface area contributed by atoms with Crippen molar-refractivity contribution in [3.05, 3.63) is 12.2 Å². The molecule has 2 unspecified atom stereocenters. The van der Waals surface area contributed by atoms with Crippen molar-refractivity contribution >= 4 is 34.2 Å². The minimum atomic E-state index is -1.22. The minimum Gasteiger partial charge on any atom is -0.389 e. The van der Waals surface area contributed by atoms with Gasteiger partial charge in [0.1, 0.15) is 12.2 Å². The quantitative estimate of drug-likeness (QED) is 0.217. The molecular weight excluding hydrogens is 483 g/mol. The molecule has 2 rings (SSSR count). The van der Waals surface area contributed by atoms with E-state index in [-0.39, 0.29) is 24.3 Å². The first-order chi connectivity index (χ1) is 13.8. The van der Waals surface area contributed by atoms with E-state index in [1.54, 1.807) is 0 Å². The summed E-state index contributed by atoms with van der Waals surface area (Å²) >= 11 is 2.44. The van der Waals surface area contributed by atoms with Gasteiger partial charge in [0.15, 0.2) is 11.6 Å². The number of alkyl halides is 1. The van der Waals surface area contributed by atoms with E-state index in [1.165, 1.54) is 6.92 Å². The Morgan fingerprint density at radius 3 is 2.72 bits per heavy atom. The smallest absolute Gasteiger partial charge is 0.161 e. The van der Waals surface area contributed by atoms with Crippen LogP contribution >= 0.6 is 22.6 Å². The van der Waals surface area contributed by atoms with Crippen LogP contribution in [0.2, 0.25) is 0 Å². The number of ketones is 2. The molecule has 29 heavy (non-hydrogen) atoms. The molecule has 1 saturated carbocycles. The lowest BCUT2D eigenvalue weighted by atomic mass is 9.86. The van der Waals surface area contributed by atoms with Crippen LogP contribution in [-0.2, 0) is 14.3 Å². The van der Waals surface area contributed by atoms with Gasteiger partial charge in [-0.15, -0.1) is 0 Å². The Hall–Kier alpha value is -0.310. The predicted octanol–water partition coefficient (Wildman–Crippen LogP) is 4.16. The number of fused-ring (bicyclic) bond motifs is 1. The van der Waals surface area contributed by atoms with Crippen molar-refractivity contribution < 1.29 is 24.5 Å². The fourth-order valence-corrected chi connectivity index (χ4v) is 5.57. The molecule has 0 aromatic heterocycles. The summed E-state index contributed by atoms with van der Waals surface area (Å²) in [4.78, 5) is 23.2. The van der Waals surface area contributed by atoms with Crippen LogP contribution in [0.15, 0.2) is 12.2 Å². The van der Waals surface area contributed by atoms with Crippen LogP contribution in [0.1, 0.15) is 78.1 Å². The number of Topliss-reactive ketones (excluding diaryl/α,β-unsaturated/α-hetero) is 2. The fourth-order valence-electron chi connectivity index (χ4n) is 4.66. The lowest BCUT2D eigenvalue weighted by Crippen LogP contribution is -2.36. The van der Waals surface area contributed by atoms with Crippen molar-refractivity contribution in [3.8, 4) is 0 Å². The lowest BCUT2D eigenvalue weighted by molar-refractivity contribution is -0.135. The zero-order chi connectivity index (χ0) is 21.4. The molecule has 1 saturated heterocycles. The van der Waals surface area contributed by atoms with E-state index in [4.69, 9.17) is 9.84 Å².